The summed E-state index contributed by atoms with van der Waals surface area (Å²) in [6, 6.07) is 14.3. The van der Waals surface area contributed by atoms with Crippen molar-refractivity contribution in [1.29, 1.82) is 0 Å². The van der Waals surface area contributed by atoms with Crippen LogP contribution in [0.5, 0.6) is 0 Å². The van der Waals surface area contributed by atoms with E-state index in [0.717, 1.165) is 63.1 Å². The molecule has 0 radical (unpaired) electrons. The van der Waals surface area contributed by atoms with E-state index in [2.05, 4.69) is 34.5 Å². The monoisotopic (exact) mass is 476 g/mol. The third-order valence-corrected chi connectivity index (χ3v) is 6.82. The van der Waals surface area contributed by atoms with E-state index in [0.29, 0.717) is 10.0 Å². The zero-order valence-electron chi connectivity index (χ0n) is 16.2. The van der Waals surface area contributed by atoms with Crippen LogP contribution in [0.2, 0.25) is 10.0 Å². The molecule has 1 heterocycles. The van der Waals surface area contributed by atoms with Gasteiger partial charge in [-0.3, -0.25) is 0 Å². The second-order valence-corrected chi connectivity index (χ2v) is 8.63. The standard InChI is InChI=1S/C22H26Cl2N2O.2ClH/c23-20-7-6-18(14-21(20)24)16-2-4-17(5-3-16)19(22(27)8-1-9-22)15-26-12-10-25-11-13-26;;/h2-7,14,19,25,27H,1,8-13,15H2;2*1H. The van der Waals surface area contributed by atoms with Gasteiger partial charge in [0, 0.05) is 38.6 Å². The number of rotatable bonds is 5. The summed E-state index contributed by atoms with van der Waals surface area (Å²) in [5, 5.41) is 15.7. The van der Waals surface area contributed by atoms with Gasteiger partial charge >= 0.3 is 0 Å². The molecule has 2 aliphatic rings. The maximum atomic E-state index is 11.1. The van der Waals surface area contributed by atoms with Gasteiger partial charge in [0.2, 0.25) is 0 Å². The van der Waals surface area contributed by atoms with Gasteiger partial charge in [-0.05, 0) is 48.1 Å². The number of nitrogens with one attached hydrogen (secondary N) is 1. The van der Waals surface area contributed by atoms with Crippen molar-refractivity contribution in [2.45, 2.75) is 30.8 Å². The van der Waals surface area contributed by atoms with Crippen molar-refractivity contribution >= 4 is 48.0 Å². The Hall–Kier alpha value is -0.520. The number of nitrogens with zero attached hydrogens (tertiary/aromatic N) is 1. The summed E-state index contributed by atoms with van der Waals surface area (Å²) in [4.78, 5) is 2.48. The molecular weight excluding hydrogens is 450 g/mol. The van der Waals surface area contributed by atoms with Crippen LogP contribution in [0.25, 0.3) is 11.1 Å². The summed E-state index contributed by atoms with van der Waals surface area (Å²) in [5.41, 5.74) is 2.83. The Morgan fingerprint density at radius 1 is 0.931 bits per heavy atom. The molecule has 1 atom stereocenters. The highest BCUT2D eigenvalue weighted by Crippen LogP contribution is 2.44. The molecule has 7 heteroatoms. The lowest BCUT2D eigenvalue weighted by Crippen LogP contribution is -2.51. The van der Waals surface area contributed by atoms with Gasteiger partial charge in [0.25, 0.3) is 0 Å². The van der Waals surface area contributed by atoms with Crippen LogP contribution in [0.4, 0.5) is 0 Å². The van der Waals surface area contributed by atoms with E-state index in [1.165, 1.54) is 5.56 Å². The van der Waals surface area contributed by atoms with E-state index in [9.17, 15) is 5.11 Å². The minimum Gasteiger partial charge on any atom is -0.389 e. The van der Waals surface area contributed by atoms with Crippen LogP contribution in [-0.4, -0.2) is 48.3 Å². The smallest absolute Gasteiger partial charge is 0.0728 e. The highest BCUT2D eigenvalue weighted by Gasteiger charge is 2.43. The first-order valence-electron chi connectivity index (χ1n) is 9.76. The van der Waals surface area contributed by atoms with Gasteiger partial charge in [-0.25, -0.2) is 0 Å². The molecule has 2 N–H and O–H groups in total. The van der Waals surface area contributed by atoms with Crippen molar-refractivity contribution in [3.63, 3.8) is 0 Å². The van der Waals surface area contributed by atoms with Crippen molar-refractivity contribution in [2.24, 2.45) is 0 Å². The molecule has 1 aliphatic heterocycles. The van der Waals surface area contributed by atoms with Gasteiger partial charge in [0.1, 0.15) is 0 Å². The Bertz CT molecular complexity index is 790. The van der Waals surface area contributed by atoms with Gasteiger partial charge in [-0.2, -0.15) is 0 Å². The Labute approximate surface area is 195 Å². The summed E-state index contributed by atoms with van der Waals surface area (Å²) < 4.78 is 0. The topological polar surface area (TPSA) is 35.5 Å². The summed E-state index contributed by atoms with van der Waals surface area (Å²) in [5.74, 6) is 0.159. The Morgan fingerprint density at radius 2 is 1.55 bits per heavy atom. The summed E-state index contributed by atoms with van der Waals surface area (Å²) in [7, 11) is 0. The lowest BCUT2D eigenvalue weighted by molar-refractivity contribution is -0.0652. The second kappa shape index (κ2) is 10.7. The summed E-state index contributed by atoms with van der Waals surface area (Å²) in [6.45, 7) is 5.08. The SMILES string of the molecule is Cl.Cl.OC1(C(CN2CCNCC2)c2ccc(-c3ccc(Cl)c(Cl)c3)cc2)CCC1. The van der Waals surface area contributed by atoms with Gasteiger partial charge in [-0.1, -0.05) is 53.5 Å². The molecule has 1 aliphatic carbocycles. The Morgan fingerprint density at radius 3 is 2.10 bits per heavy atom. The van der Waals surface area contributed by atoms with Crippen LogP contribution in [0, 0.1) is 0 Å². The molecule has 2 fully saturated rings. The molecule has 29 heavy (non-hydrogen) atoms. The molecule has 160 valence electrons. The average molecular weight is 478 g/mol. The van der Waals surface area contributed by atoms with Gasteiger partial charge in [0.05, 0.1) is 15.6 Å². The first-order chi connectivity index (χ1) is 13.0. The maximum absolute atomic E-state index is 11.1. The van der Waals surface area contributed by atoms with E-state index >= 15 is 0 Å². The van der Waals surface area contributed by atoms with E-state index in [4.69, 9.17) is 23.2 Å². The highest BCUT2D eigenvalue weighted by molar-refractivity contribution is 6.42. The largest absolute Gasteiger partial charge is 0.389 e. The molecule has 4 rings (SSSR count). The normalized spacial score (nSPS) is 19.4. The van der Waals surface area contributed by atoms with Crippen LogP contribution in [0.15, 0.2) is 42.5 Å². The number of halogens is 4. The van der Waals surface area contributed by atoms with Crippen LogP contribution in [-0.2, 0) is 0 Å². The minimum atomic E-state index is -0.560. The van der Waals surface area contributed by atoms with Crippen molar-refractivity contribution < 1.29 is 5.11 Å². The Balaban J connectivity index is 0.00000150. The van der Waals surface area contributed by atoms with Crippen LogP contribution in [0.3, 0.4) is 0 Å². The summed E-state index contributed by atoms with van der Waals surface area (Å²) in [6.07, 6.45) is 2.92. The molecule has 0 aromatic heterocycles. The zero-order valence-corrected chi connectivity index (χ0v) is 19.4. The number of aliphatic hydroxyl groups is 1. The number of hydrogen-bond acceptors (Lipinski definition) is 3. The fraction of sp³-hybridized carbons (Fsp3) is 0.455. The van der Waals surface area contributed by atoms with Crippen molar-refractivity contribution in [1.82, 2.24) is 10.2 Å². The van der Waals surface area contributed by atoms with Crippen molar-refractivity contribution in [2.75, 3.05) is 32.7 Å². The van der Waals surface area contributed by atoms with Crippen LogP contribution >= 0.6 is 48.0 Å². The lowest BCUT2D eigenvalue weighted by atomic mass is 9.68. The number of benzene rings is 2. The predicted octanol–water partition coefficient (Wildman–Crippen LogP) is 5.41. The molecule has 0 bridgehead atoms. The molecule has 3 nitrogen and oxygen atoms in total. The molecular formula is C22H28Cl4N2O. The van der Waals surface area contributed by atoms with Gasteiger partial charge in [-0.15, -0.1) is 24.8 Å². The molecule has 0 spiro atoms. The lowest BCUT2D eigenvalue weighted by Gasteiger charge is -2.46. The van der Waals surface area contributed by atoms with Crippen molar-refractivity contribution in [3.8, 4) is 11.1 Å². The van der Waals surface area contributed by atoms with Gasteiger partial charge in [0.15, 0.2) is 0 Å². The second-order valence-electron chi connectivity index (χ2n) is 7.81. The molecule has 1 unspecified atom stereocenters. The van der Waals surface area contributed by atoms with E-state index in [1.54, 1.807) is 0 Å². The molecule has 1 saturated carbocycles. The molecule has 0 amide bonds. The fourth-order valence-electron chi connectivity index (χ4n) is 4.21. The van der Waals surface area contributed by atoms with Crippen LogP contribution in [0.1, 0.15) is 30.7 Å². The third-order valence-electron chi connectivity index (χ3n) is 6.08. The average Bonchev–Trinajstić information content (AvgIpc) is 2.67. The predicted molar refractivity (Wildman–Crippen MR) is 127 cm³/mol. The maximum Gasteiger partial charge on any atom is 0.0728 e. The molecule has 2 aromatic carbocycles. The minimum absolute atomic E-state index is 0. The van der Waals surface area contributed by atoms with Crippen molar-refractivity contribution in [3.05, 3.63) is 58.1 Å². The third kappa shape index (κ3) is 5.59. The van der Waals surface area contributed by atoms with Crippen LogP contribution < -0.4 is 5.32 Å². The first kappa shape index (κ1) is 24.7. The van der Waals surface area contributed by atoms with E-state index in [1.807, 2.05) is 18.2 Å². The number of hydrogen-bond donors (Lipinski definition) is 2. The van der Waals surface area contributed by atoms with E-state index in [-0.39, 0.29) is 30.7 Å². The van der Waals surface area contributed by atoms with E-state index < -0.39 is 5.60 Å². The molecule has 2 aromatic rings. The Kier molecular flexibility index (Phi) is 9.11. The first-order valence-corrected chi connectivity index (χ1v) is 10.5. The fourth-order valence-corrected chi connectivity index (χ4v) is 4.51. The zero-order chi connectivity index (χ0) is 18.9. The highest BCUT2D eigenvalue weighted by atomic mass is 35.5. The quantitative estimate of drug-likeness (QED) is 0.604. The molecule has 1 saturated heterocycles. The summed E-state index contributed by atoms with van der Waals surface area (Å²) >= 11 is 12.2. The number of piperazine rings is 1. The van der Waals surface area contributed by atoms with Gasteiger partial charge < -0.3 is 15.3 Å².